The summed E-state index contributed by atoms with van der Waals surface area (Å²) in [6.07, 6.45) is 1.87. The summed E-state index contributed by atoms with van der Waals surface area (Å²) in [6.45, 7) is 1.79. The van der Waals surface area contributed by atoms with Gasteiger partial charge in [-0.1, -0.05) is 11.6 Å². The standard InChI is InChI=1S/C14H19ClN4O2/c15-11-4-3-10(6-12(11)16)13(20)19-5-1-2-9(8-19)7-18-14(17)21/h3-4,6,9H,1-2,5,7-8,16H2,(H3,17,18,21). The minimum atomic E-state index is -0.538. The summed E-state index contributed by atoms with van der Waals surface area (Å²) >= 11 is 5.86. The van der Waals surface area contributed by atoms with Gasteiger partial charge in [-0.3, -0.25) is 4.79 Å². The Morgan fingerprint density at radius 2 is 2.19 bits per heavy atom. The number of nitrogens with two attached hydrogens (primary N) is 2. The number of likely N-dealkylation sites (tertiary alicyclic amines) is 1. The highest BCUT2D eigenvalue weighted by molar-refractivity contribution is 6.33. The first kappa shape index (κ1) is 15.4. The molecule has 0 saturated carbocycles. The van der Waals surface area contributed by atoms with Gasteiger partial charge in [0.25, 0.3) is 5.91 Å². The van der Waals surface area contributed by atoms with Crippen molar-refractivity contribution in [2.75, 3.05) is 25.4 Å². The maximum absolute atomic E-state index is 12.5. The van der Waals surface area contributed by atoms with Crippen molar-refractivity contribution in [3.05, 3.63) is 28.8 Å². The number of carbonyl (C=O) groups is 2. The predicted octanol–water partition coefficient (Wildman–Crippen LogP) is 1.44. The molecule has 0 aromatic heterocycles. The molecule has 1 unspecified atom stereocenters. The second kappa shape index (κ2) is 6.67. The van der Waals surface area contributed by atoms with Crippen LogP contribution in [0.4, 0.5) is 10.5 Å². The van der Waals surface area contributed by atoms with Gasteiger partial charge in [0, 0.05) is 25.2 Å². The van der Waals surface area contributed by atoms with E-state index in [0.717, 1.165) is 12.8 Å². The lowest BCUT2D eigenvalue weighted by molar-refractivity contribution is 0.0675. The fourth-order valence-electron chi connectivity index (χ4n) is 2.52. The zero-order chi connectivity index (χ0) is 15.4. The number of nitrogens with one attached hydrogen (secondary N) is 1. The van der Waals surface area contributed by atoms with Crippen LogP contribution in [0.1, 0.15) is 23.2 Å². The van der Waals surface area contributed by atoms with Gasteiger partial charge < -0.3 is 21.7 Å². The van der Waals surface area contributed by atoms with Gasteiger partial charge in [0.2, 0.25) is 0 Å². The molecule has 1 aliphatic heterocycles. The second-order valence-electron chi connectivity index (χ2n) is 5.24. The molecule has 0 spiro atoms. The number of piperidine rings is 1. The summed E-state index contributed by atoms with van der Waals surface area (Å²) in [6, 6.07) is 4.35. The third-order valence-corrected chi connectivity index (χ3v) is 3.96. The number of nitrogens with zero attached hydrogens (tertiary/aromatic N) is 1. The molecule has 5 N–H and O–H groups in total. The lowest BCUT2D eigenvalue weighted by Gasteiger charge is -2.33. The Bertz CT molecular complexity index is 550. The van der Waals surface area contributed by atoms with Crippen LogP contribution in [0.2, 0.25) is 5.02 Å². The molecule has 0 bridgehead atoms. The third-order valence-electron chi connectivity index (χ3n) is 3.61. The quantitative estimate of drug-likeness (QED) is 0.736. The van der Waals surface area contributed by atoms with E-state index in [1.807, 2.05) is 0 Å². The van der Waals surface area contributed by atoms with E-state index in [9.17, 15) is 9.59 Å². The van der Waals surface area contributed by atoms with Gasteiger partial charge >= 0.3 is 6.03 Å². The van der Waals surface area contributed by atoms with Crippen LogP contribution >= 0.6 is 11.6 Å². The molecule has 114 valence electrons. The van der Waals surface area contributed by atoms with Crippen LogP contribution < -0.4 is 16.8 Å². The van der Waals surface area contributed by atoms with Crippen LogP contribution in [0, 0.1) is 5.92 Å². The summed E-state index contributed by atoms with van der Waals surface area (Å²) < 4.78 is 0. The Morgan fingerprint density at radius 3 is 2.86 bits per heavy atom. The topological polar surface area (TPSA) is 101 Å². The van der Waals surface area contributed by atoms with E-state index >= 15 is 0 Å². The van der Waals surface area contributed by atoms with E-state index in [-0.39, 0.29) is 11.8 Å². The van der Waals surface area contributed by atoms with Gasteiger partial charge in [-0.05, 0) is 37.0 Å². The Balaban J connectivity index is 2.01. The normalized spacial score (nSPS) is 18.3. The zero-order valence-corrected chi connectivity index (χ0v) is 12.4. The summed E-state index contributed by atoms with van der Waals surface area (Å²) in [7, 11) is 0. The number of benzene rings is 1. The number of anilines is 1. The highest BCUT2D eigenvalue weighted by Crippen LogP contribution is 2.22. The van der Waals surface area contributed by atoms with Gasteiger partial charge in [-0.15, -0.1) is 0 Å². The molecule has 1 heterocycles. The van der Waals surface area contributed by atoms with Crippen LogP contribution in [0.3, 0.4) is 0 Å². The highest BCUT2D eigenvalue weighted by Gasteiger charge is 2.24. The Morgan fingerprint density at radius 1 is 1.43 bits per heavy atom. The zero-order valence-electron chi connectivity index (χ0n) is 11.6. The number of hydrogen-bond acceptors (Lipinski definition) is 3. The Labute approximate surface area is 128 Å². The summed E-state index contributed by atoms with van der Waals surface area (Å²) in [5, 5.41) is 3.03. The number of carbonyl (C=O) groups excluding carboxylic acids is 2. The lowest BCUT2D eigenvalue weighted by Crippen LogP contribution is -2.44. The molecule has 0 radical (unpaired) electrons. The Kier molecular flexibility index (Phi) is 4.90. The molecule has 1 aliphatic rings. The fraction of sp³-hybridized carbons (Fsp3) is 0.429. The first-order chi connectivity index (χ1) is 9.97. The maximum Gasteiger partial charge on any atom is 0.312 e. The van der Waals surface area contributed by atoms with E-state index in [1.165, 1.54) is 0 Å². The lowest BCUT2D eigenvalue weighted by atomic mass is 9.97. The minimum Gasteiger partial charge on any atom is -0.398 e. The SMILES string of the molecule is NC(=O)NCC1CCCN(C(=O)c2ccc(Cl)c(N)c2)C1. The van der Waals surface area contributed by atoms with E-state index in [2.05, 4.69) is 5.32 Å². The molecule has 1 saturated heterocycles. The first-order valence-electron chi connectivity index (χ1n) is 6.85. The molecule has 2 rings (SSSR count). The fourth-order valence-corrected chi connectivity index (χ4v) is 2.64. The molecular formula is C14H19ClN4O2. The van der Waals surface area contributed by atoms with Crippen molar-refractivity contribution in [2.45, 2.75) is 12.8 Å². The summed E-state index contributed by atoms with van der Waals surface area (Å²) in [4.78, 5) is 25.0. The van der Waals surface area contributed by atoms with E-state index in [1.54, 1.807) is 23.1 Å². The van der Waals surface area contributed by atoms with Crippen molar-refractivity contribution >= 4 is 29.2 Å². The molecular weight excluding hydrogens is 292 g/mol. The molecule has 1 fully saturated rings. The van der Waals surface area contributed by atoms with Gasteiger partial charge in [0.05, 0.1) is 10.7 Å². The average molecular weight is 311 g/mol. The number of amides is 3. The van der Waals surface area contributed by atoms with E-state index in [4.69, 9.17) is 23.1 Å². The van der Waals surface area contributed by atoms with Crippen molar-refractivity contribution in [3.8, 4) is 0 Å². The molecule has 7 heteroatoms. The largest absolute Gasteiger partial charge is 0.398 e. The van der Waals surface area contributed by atoms with Gasteiger partial charge in [0.15, 0.2) is 0 Å². The third kappa shape index (κ3) is 4.01. The minimum absolute atomic E-state index is 0.0675. The number of hydrogen-bond donors (Lipinski definition) is 3. The number of urea groups is 1. The van der Waals surface area contributed by atoms with Crippen molar-refractivity contribution in [1.29, 1.82) is 0 Å². The Hall–Kier alpha value is -1.95. The van der Waals surface area contributed by atoms with Crippen molar-refractivity contribution in [1.82, 2.24) is 10.2 Å². The van der Waals surface area contributed by atoms with Gasteiger partial charge in [-0.2, -0.15) is 0 Å². The molecule has 1 atom stereocenters. The average Bonchev–Trinajstić information content (AvgIpc) is 2.47. The number of rotatable bonds is 3. The summed E-state index contributed by atoms with van der Waals surface area (Å²) in [5.74, 6) is 0.155. The number of primary amides is 1. The maximum atomic E-state index is 12.5. The highest BCUT2D eigenvalue weighted by atomic mass is 35.5. The molecule has 6 nitrogen and oxygen atoms in total. The predicted molar refractivity (Wildman–Crippen MR) is 82.1 cm³/mol. The van der Waals surface area contributed by atoms with Crippen LogP contribution in [0.25, 0.3) is 0 Å². The molecule has 3 amide bonds. The molecule has 1 aromatic rings. The van der Waals surface area contributed by atoms with Crippen molar-refractivity contribution in [2.24, 2.45) is 11.7 Å². The van der Waals surface area contributed by atoms with Crippen molar-refractivity contribution in [3.63, 3.8) is 0 Å². The van der Waals surface area contributed by atoms with Gasteiger partial charge in [0.1, 0.15) is 0 Å². The van der Waals surface area contributed by atoms with Gasteiger partial charge in [-0.25, -0.2) is 4.79 Å². The molecule has 1 aromatic carbocycles. The second-order valence-corrected chi connectivity index (χ2v) is 5.65. The number of nitrogen functional groups attached to an aromatic ring is 1. The smallest absolute Gasteiger partial charge is 0.312 e. The molecule has 21 heavy (non-hydrogen) atoms. The van der Waals surface area contributed by atoms with Crippen LogP contribution in [0.15, 0.2) is 18.2 Å². The summed E-state index contributed by atoms with van der Waals surface area (Å²) in [5.41, 5.74) is 11.7. The van der Waals surface area contributed by atoms with Crippen LogP contribution in [-0.4, -0.2) is 36.5 Å². The number of halogens is 1. The van der Waals surface area contributed by atoms with Crippen LogP contribution in [-0.2, 0) is 0 Å². The first-order valence-corrected chi connectivity index (χ1v) is 7.22. The van der Waals surface area contributed by atoms with E-state index in [0.29, 0.717) is 35.9 Å². The monoisotopic (exact) mass is 310 g/mol. The molecule has 0 aliphatic carbocycles. The van der Waals surface area contributed by atoms with Crippen molar-refractivity contribution < 1.29 is 9.59 Å². The van der Waals surface area contributed by atoms with Crippen LogP contribution in [0.5, 0.6) is 0 Å². The van der Waals surface area contributed by atoms with E-state index < -0.39 is 6.03 Å².